The zero-order chi connectivity index (χ0) is 16.9. The van der Waals surface area contributed by atoms with Crippen molar-refractivity contribution in [2.45, 2.75) is 12.8 Å². The lowest BCUT2D eigenvalue weighted by Crippen LogP contribution is -2.34. The number of rotatable bonds is 3. The van der Waals surface area contributed by atoms with Crippen molar-refractivity contribution in [1.29, 1.82) is 0 Å². The summed E-state index contributed by atoms with van der Waals surface area (Å²) in [4.78, 5) is 14.6. The van der Waals surface area contributed by atoms with Gasteiger partial charge in [-0.05, 0) is 84.0 Å². The fourth-order valence-electron chi connectivity index (χ4n) is 2.74. The first-order valence-electron chi connectivity index (χ1n) is 7.85. The average Bonchev–Trinajstić information content (AvgIpc) is 3.10. The van der Waals surface area contributed by atoms with E-state index < -0.39 is 0 Å². The third-order valence-corrected chi connectivity index (χ3v) is 4.86. The molecule has 0 aliphatic carbocycles. The summed E-state index contributed by atoms with van der Waals surface area (Å²) in [6, 6.07) is 15.4. The van der Waals surface area contributed by atoms with E-state index in [1.54, 1.807) is 12.1 Å². The summed E-state index contributed by atoms with van der Waals surface area (Å²) in [6.07, 6.45) is 2.42. The maximum atomic E-state index is 12.2. The van der Waals surface area contributed by atoms with Gasteiger partial charge in [-0.1, -0.05) is 12.1 Å². The number of halogens is 1. The monoisotopic (exact) mass is 451 g/mol. The minimum Gasteiger partial charge on any atom is -0.370 e. The van der Waals surface area contributed by atoms with Crippen molar-refractivity contribution in [3.05, 3.63) is 57.7 Å². The highest BCUT2D eigenvalue weighted by Crippen LogP contribution is 2.28. The molecule has 1 saturated heterocycles. The lowest BCUT2D eigenvalue weighted by molar-refractivity contribution is 0.0977. The molecular formula is C18H18IN3OS. The van der Waals surface area contributed by atoms with Crippen LogP contribution in [0.5, 0.6) is 0 Å². The van der Waals surface area contributed by atoms with Gasteiger partial charge in [-0.2, -0.15) is 0 Å². The standard InChI is InChI=1S/C18H18IN3OS/c19-14-9-7-13(8-10-14)17(23)21-18(24)20-15-5-1-2-6-16(15)22-11-3-4-12-22/h1-2,5-10H,3-4,11-12H2,(H2,20,21,23,24). The highest BCUT2D eigenvalue weighted by atomic mass is 127. The maximum Gasteiger partial charge on any atom is 0.257 e. The predicted molar refractivity (Wildman–Crippen MR) is 111 cm³/mol. The lowest BCUT2D eigenvalue weighted by atomic mass is 10.2. The molecule has 0 aromatic heterocycles. The molecule has 6 heteroatoms. The van der Waals surface area contributed by atoms with Crippen LogP contribution in [0.4, 0.5) is 11.4 Å². The molecule has 1 aliphatic heterocycles. The van der Waals surface area contributed by atoms with E-state index in [2.05, 4.69) is 44.2 Å². The van der Waals surface area contributed by atoms with Gasteiger partial charge in [0.1, 0.15) is 0 Å². The Morgan fingerprint density at radius 2 is 1.71 bits per heavy atom. The van der Waals surface area contributed by atoms with Crippen molar-refractivity contribution in [1.82, 2.24) is 5.32 Å². The molecule has 0 spiro atoms. The van der Waals surface area contributed by atoms with Gasteiger partial charge in [0.2, 0.25) is 0 Å². The first-order chi connectivity index (χ1) is 11.6. The highest BCUT2D eigenvalue weighted by molar-refractivity contribution is 14.1. The Balaban J connectivity index is 1.66. The van der Waals surface area contributed by atoms with Gasteiger partial charge in [0.05, 0.1) is 11.4 Å². The summed E-state index contributed by atoms with van der Waals surface area (Å²) in [5.41, 5.74) is 2.64. The van der Waals surface area contributed by atoms with E-state index in [-0.39, 0.29) is 5.91 Å². The molecule has 3 rings (SSSR count). The first kappa shape index (κ1) is 17.2. The molecule has 0 bridgehead atoms. The summed E-state index contributed by atoms with van der Waals surface area (Å²) in [5, 5.41) is 6.21. The largest absolute Gasteiger partial charge is 0.370 e. The molecular weight excluding hydrogens is 433 g/mol. The van der Waals surface area contributed by atoms with E-state index in [0.29, 0.717) is 10.7 Å². The van der Waals surface area contributed by atoms with Gasteiger partial charge >= 0.3 is 0 Å². The smallest absolute Gasteiger partial charge is 0.257 e. The number of hydrogen-bond donors (Lipinski definition) is 2. The molecule has 1 amide bonds. The van der Waals surface area contributed by atoms with Gasteiger partial charge < -0.3 is 10.2 Å². The quantitative estimate of drug-likeness (QED) is 0.547. The van der Waals surface area contributed by atoms with Crippen LogP contribution in [0.2, 0.25) is 0 Å². The van der Waals surface area contributed by atoms with Crippen molar-refractivity contribution in [2.75, 3.05) is 23.3 Å². The van der Waals surface area contributed by atoms with Crippen LogP contribution in [0, 0.1) is 3.57 Å². The van der Waals surface area contributed by atoms with E-state index in [9.17, 15) is 4.79 Å². The second-order valence-electron chi connectivity index (χ2n) is 5.63. The predicted octanol–water partition coefficient (Wildman–Crippen LogP) is 4.02. The van der Waals surface area contributed by atoms with E-state index in [1.165, 1.54) is 12.8 Å². The Bertz CT molecular complexity index is 742. The summed E-state index contributed by atoms with van der Waals surface area (Å²) in [7, 11) is 0. The number of thiocarbonyl (C=S) groups is 1. The molecule has 2 N–H and O–H groups in total. The van der Waals surface area contributed by atoms with Crippen LogP contribution in [0.3, 0.4) is 0 Å². The van der Waals surface area contributed by atoms with Crippen molar-refractivity contribution in [3.8, 4) is 0 Å². The van der Waals surface area contributed by atoms with Crippen LogP contribution in [-0.2, 0) is 0 Å². The number of carbonyl (C=O) groups excluding carboxylic acids is 1. The molecule has 4 nitrogen and oxygen atoms in total. The maximum absolute atomic E-state index is 12.2. The van der Waals surface area contributed by atoms with Crippen molar-refractivity contribution < 1.29 is 4.79 Å². The number of amides is 1. The van der Waals surface area contributed by atoms with Crippen LogP contribution in [0.15, 0.2) is 48.5 Å². The number of benzene rings is 2. The van der Waals surface area contributed by atoms with Crippen LogP contribution in [0.1, 0.15) is 23.2 Å². The zero-order valence-corrected chi connectivity index (χ0v) is 16.1. The molecule has 0 saturated carbocycles. The first-order valence-corrected chi connectivity index (χ1v) is 9.34. The number of para-hydroxylation sites is 2. The Kier molecular flexibility index (Phi) is 5.68. The molecule has 0 unspecified atom stereocenters. The highest BCUT2D eigenvalue weighted by Gasteiger charge is 2.16. The fraction of sp³-hybridized carbons (Fsp3) is 0.222. The SMILES string of the molecule is O=C(NC(=S)Nc1ccccc1N1CCCC1)c1ccc(I)cc1. The third-order valence-electron chi connectivity index (χ3n) is 3.93. The van der Waals surface area contributed by atoms with Crippen LogP contribution >= 0.6 is 34.8 Å². The molecule has 1 heterocycles. The minimum atomic E-state index is -0.206. The fourth-order valence-corrected chi connectivity index (χ4v) is 3.31. The molecule has 0 radical (unpaired) electrons. The number of hydrogen-bond acceptors (Lipinski definition) is 3. The molecule has 2 aromatic carbocycles. The zero-order valence-electron chi connectivity index (χ0n) is 13.1. The van der Waals surface area contributed by atoms with E-state index >= 15 is 0 Å². The molecule has 1 aliphatic rings. The van der Waals surface area contributed by atoms with Crippen LogP contribution < -0.4 is 15.5 Å². The molecule has 0 atom stereocenters. The molecule has 24 heavy (non-hydrogen) atoms. The van der Waals surface area contributed by atoms with Crippen LogP contribution in [-0.4, -0.2) is 24.1 Å². The van der Waals surface area contributed by atoms with E-state index in [0.717, 1.165) is 28.0 Å². The second-order valence-corrected chi connectivity index (χ2v) is 7.28. The van der Waals surface area contributed by atoms with Crippen molar-refractivity contribution >= 4 is 57.2 Å². The average molecular weight is 451 g/mol. The normalized spacial score (nSPS) is 13.6. The minimum absolute atomic E-state index is 0.206. The number of anilines is 2. The lowest BCUT2D eigenvalue weighted by Gasteiger charge is -2.22. The van der Waals surface area contributed by atoms with E-state index in [1.807, 2.05) is 30.3 Å². The molecule has 124 valence electrons. The summed E-state index contributed by atoms with van der Waals surface area (Å²) in [6.45, 7) is 2.11. The van der Waals surface area contributed by atoms with E-state index in [4.69, 9.17) is 12.2 Å². The van der Waals surface area contributed by atoms with Gasteiger partial charge in [-0.15, -0.1) is 0 Å². The number of nitrogens with one attached hydrogen (secondary N) is 2. The molecule has 2 aromatic rings. The Morgan fingerprint density at radius 3 is 2.42 bits per heavy atom. The topological polar surface area (TPSA) is 44.4 Å². The number of nitrogens with zero attached hydrogens (tertiary/aromatic N) is 1. The van der Waals surface area contributed by atoms with Gasteiger partial charge in [0.25, 0.3) is 5.91 Å². The van der Waals surface area contributed by atoms with Crippen molar-refractivity contribution in [3.63, 3.8) is 0 Å². The van der Waals surface area contributed by atoms with Gasteiger partial charge in [-0.25, -0.2) is 0 Å². The second kappa shape index (κ2) is 7.94. The van der Waals surface area contributed by atoms with Gasteiger partial charge in [0.15, 0.2) is 5.11 Å². The summed E-state index contributed by atoms with van der Waals surface area (Å²) >= 11 is 7.52. The number of carbonyl (C=O) groups is 1. The molecule has 1 fully saturated rings. The summed E-state index contributed by atoms with van der Waals surface area (Å²) < 4.78 is 1.09. The Morgan fingerprint density at radius 1 is 1.04 bits per heavy atom. The van der Waals surface area contributed by atoms with Gasteiger partial charge in [0, 0.05) is 22.2 Å². The van der Waals surface area contributed by atoms with Crippen LogP contribution in [0.25, 0.3) is 0 Å². The van der Waals surface area contributed by atoms with Gasteiger partial charge in [-0.3, -0.25) is 10.1 Å². The Hall–Kier alpha value is -1.67. The van der Waals surface area contributed by atoms with Crippen molar-refractivity contribution in [2.24, 2.45) is 0 Å². The third kappa shape index (κ3) is 4.24. The summed E-state index contributed by atoms with van der Waals surface area (Å²) in [5.74, 6) is -0.206. The Labute approximate surface area is 160 Å².